The lowest BCUT2D eigenvalue weighted by Crippen LogP contribution is -2.74. The maximum Gasteiger partial charge on any atom is 0.491 e. The predicted octanol–water partition coefficient (Wildman–Crippen LogP) is -0.403. The maximum absolute atomic E-state index is 12.6. The quantitative estimate of drug-likeness (QED) is 0.509. The zero-order chi connectivity index (χ0) is 15.1. The number of hydrogen-bond donors (Lipinski definition) is 2. The molecule has 1 aliphatic heterocycles. The molecule has 0 aromatic heterocycles. The van der Waals surface area contributed by atoms with Gasteiger partial charge in [-0.25, -0.2) is 4.79 Å². The van der Waals surface area contributed by atoms with E-state index in [-0.39, 0.29) is 0 Å². The van der Waals surface area contributed by atoms with Gasteiger partial charge in [-0.3, -0.25) is 9.59 Å². The number of carbonyl (C=O) groups excluding carboxylic acids is 3. The highest BCUT2D eigenvalue weighted by Gasteiger charge is 2.68. The number of rotatable bonds is 1. The first-order valence-corrected chi connectivity index (χ1v) is 4.36. The van der Waals surface area contributed by atoms with Crippen LogP contribution < -0.4 is 10.6 Å². The Morgan fingerprint density at radius 2 is 1.68 bits per heavy atom. The zero-order valence-electron chi connectivity index (χ0n) is 8.61. The molecule has 1 heterocycles. The highest BCUT2D eigenvalue weighted by molar-refractivity contribution is 5.99. The summed E-state index contributed by atoms with van der Waals surface area (Å²) in [6.07, 6.45) is -11.5. The summed E-state index contributed by atoms with van der Waals surface area (Å²) in [7, 11) is 0. The molecule has 0 radical (unpaired) electrons. The van der Waals surface area contributed by atoms with Crippen LogP contribution in [0.5, 0.6) is 0 Å². The molecule has 0 spiro atoms. The van der Waals surface area contributed by atoms with E-state index in [1.165, 1.54) is 5.32 Å². The molecule has 1 fully saturated rings. The first-order chi connectivity index (χ1) is 8.40. The monoisotopic (exact) mass is 294 g/mol. The van der Waals surface area contributed by atoms with Gasteiger partial charge in [0.1, 0.15) is 0 Å². The fraction of sp³-hybridized carbons (Fsp3) is 0.571. The van der Waals surface area contributed by atoms with Crippen molar-refractivity contribution in [1.29, 1.82) is 0 Å². The van der Waals surface area contributed by atoms with Crippen LogP contribution >= 0.6 is 0 Å². The molecule has 0 bridgehead atoms. The van der Waals surface area contributed by atoms with Crippen molar-refractivity contribution in [1.82, 2.24) is 10.6 Å². The molecule has 19 heavy (non-hydrogen) atoms. The van der Waals surface area contributed by atoms with Gasteiger partial charge in [-0.2, -0.15) is 26.3 Å². The second-order valence-electron chi connectivity index (χ2n) is 3.30. The molecule has 1 unspecified atom stereocenters. The van der Waals surface area contributed by atoms with Crippen molar-refractivity contribution in [3.05, 3.63) is 0 Å². The standard InChI is InChI=1S/C7H4F6N2O4/c8-6(9,10)4(18)19-5(7(11,12)13)3(17)14-1-2(16)15-5/h1H2,(H,14,17)(H,15,16). The molecule has 0 aromatic carbocycles. The molecular weight excluding hydrogens is 290 g/mol. The third-order valence-electron chi connectivity index (χ3n) is 1.92. The molecule has 108 valence electrons. The van der Waals surface area contributed by atoms with Crippen LogP contribution in [-0.4, -0.2) is 42.4 Å². The van der Waals surface area contributed by atoms with Gasteiger partial charge in [-0.05, 0) is 0 Å². The predicted molar refractivity (Wildman–Crippen MR) is 42.1 cm³/mol. The van der Waals surface area contributed by atoms with Gasteiger partial charge >= 0.3 is 24.0 Å². The number of hydrogen-bond acceptors (Lipinski definition) is 4. The topological polar surface area (TPSA) is 84.5 Å². The number of amides is 2. The number of esters is 1. The van der Waals surface area contributed by atoms with Crippen LogP contribution in [-0.2, 0) is 19.1 Å². The number of carbonyl (C=O) groups is 3. The van der Waals surface area contributed by atoms with Gasteiger partial charge in [0.05, 0.1) is 6.54 Å². The van der Waals surface area contributed by atoms with Gasteiger partial charge in [-0.15, -0.1) is 0 Å². The van der Waals surface area contributed by atoms with Crippen molar-refractivity contribution in [3.8, 4) is 0 Å². The van der Waals surface area contributed by atoms with E-state index in [9.17, 15) is 40.7 Å². The van der Waals surface area contributed by atoms with E-state index < -0.39 is 42.4 Å². The molecule has 2 N–H and O–H groups in total. The molecule has 1 atom stereocenters. The first-order valence-electron chi connectivity index (χ1n) is 4.36. The van der Waals surface area contributed by atoms with Gasteiger partial charge in [0.15, 0.2) is 0 Å². The molecule has 1 rings (SSSR count). The van der Waals surface area contributed by atoms with Crippen molar-refractivity contribution >= 4 is 17.8 Å². The average Bonchev–Trinajstić information content (AvgIpc) is 2.20. The van der Waals surface area contributed by atoms with Crippen molar-refractivity contribution < 1.29 is 45.5 Å². The fourth-order valence-electron chi connectivity index (χ4n) is 1.11. The van der Waals surface area contributed by atoms with E-state index in [2.05, 4.69) is 4.74 Å². The Morgan fingerprint density at radius 3 is 2.11 bits per heavy atom. The van der Waals surface area contributed by atoms with Crippen LogP contribution in [0.1, 0.15) is 0 Å². The van der Waals surface area contributed by atoms with Crippen LogP contribution in [0.4, 0.5) is 26.3 Å². The van der Waals surface area contributed by atoms with Crippen LogP contribution in [0.2, 0.25) is 0 Å². The maximum atomic E-state index is 12.6. The highest BCUT2D eigenvalue weighted by atomic mass is 19.4. The number of alkyl halides is 6. The van der Waals surface area contributed by atoms with Crippen LogP contribution in [0.15, 0.2) is 0 Å². The summed E-state index contributed by atoms with van der Waals surface area (Å²) < 4.78 is 76.8. The molecule has 1 aliphatic rings. The lowest BCUT2D eigenvalue weighted by atomic mass is 10.1. The third kappa shape index (κ3) is 2.71. The normalized spacial score (nSPS) is 24.5. The molecule has 0 aliphatic carbocycles. The molecule has 12 heteroatoms. The summed E-state index contributed by atoms with van der Waals surface area (Å²) >= 11 is 0. The summed E-state index contributed by atoms with van der Waals surface area (Å²) in [6.45, 7) is -0.889. The fourth-order valence-corrected chi connectivity index (χ4v) is 1.11. The van der Waals surface area contributed by atoms with Crippen molar-refractivity contribution in [2.75, 3.05) is 6.54 Å². The molecule has 0 saturated carbocycles. The third-order valence-corrected chi connectivity index (χ3v) is 1.92. The number of nitrogens with one attached hydrogen (secondary N) is 2. The minimum Gasteiger partial charge on any atom is -0.413 e. The first kappa shape index (κ1) is 15.0. The summed E-state index contributed by atoms with van der Waals surface area (Å²) in [4.78, 5) is 32.3. The zero-order valence-corrected chi connectivity index (χ0v) is 8.61. The highest BCUT2D eigenvalue weighted by Crippen LogP contribution is 2.35. The smallest absolute Gasteiger partial charge is 0.413 e. The Labute approximate surface area is 99.6 Å². The number of ether oxygens (including phenoxy) is 1. The molecule has 0 aromatic rings. The van der Waals surface area contributed by atoms with Crippen LogP contribution in [0.3, 0.4) is 0 Å². The lowest BCUT2D eigenvalue weighted by Gasteiger charge is -2.36. The lowest BCUT2D eigenvalue weighted by molar-refractivity contribution is -0.285. The van der Waals surface area contributed by atoms with Gasteiger partial charge in [0, 0.05) is 0 Å². The summed E-state index contributed by atoms with van der Waals surface area (Å²) in [5.74, 6) is -6.86. The summed E-state index contributed by atoms with van der Waals surface area (Å²) in [5.41, 5.74) is -4.39. The van der Waals surface area contributed by atoms with Gasteiger partial charge < -0.3 is 15.4 Å². The minimum atomic E-state index is -5.77. The Morgan fingerprint density at radius 1 is 1.16 bits per heavy atom. The molecular formula is C7H4F6N2O4. The Hall–Kier alpha value is -2.01. The molecule has 2 amide bonds. The SMILES string of the molecule is O=C1CNC(=O)C(OC(=O)C(F)(F)F)(C(F)(F)F)N1. The number of halogens is 6. The largest absolute Gasteiger partial charge is 0.491 e. The van der Waals surface area contributed by atoms with Gasteiger partial charge in [-0.1, -0.05) is 0 Å². The Bertz CT molecular complexity index is 430. The Balaban J connectivity index is 3.18. The summed E-state index contributed by atoms with van der Waals surface area (Å²) in [5, 5.41) is 2.27. The van der Waals surface area contributed by atoms with E-state index >= 15 is 0 Å². The van der Waals surface area contributed by atoms with E-state index in [0.717, 1.165) is 5.32 Å². The van der Waals surface area contributed by atoms with E-state index in [4.69, 9.17) is 0 Å². The molecule has 1 saturated heterocycles. The van der Waals surface area contributed by atoms with Crippen molar-refractivity contribution in [3.63, 3.8) is 0 Å². The minimum absolute atomic E-state index is 0.889. The van der Waals surface area contributed by atoms with E-state index in [0.29, 0.717) is 0 Å². The molecule has 6 nitrogen and oxygen atoms in total. The van der Waals surface area contributed by atoms with Crippen molar-refractivity contribution in [2.45, 2.75) is 18.1 Å². The van der Waals surface area contributed by atoms with Gasteiger partial charge in [0.2, 0.25) is 5.91 Å². The number of piperazine rings is 1. The second-order valence-corrected chi connectivity index (χ2v) is 3.30. The van der Waals surface area contributed by atoms with E-state index in [1.54, 1.807) is 0 Å². The average molecular weight is 294 g/mol. The van der Waals surface area contributed by atoms with E-state index in [1.807, 2.05) is 0 Å². The van der Waals surface area contributed by atoms with Gasteiger partial charge in [0.25, 0.3) is 5.91 Å². The second kappa shape index (κ2) is 4.28. The Kier molecular flexibility index (Phi) is 3.39. The van der Waals surface area contributed by atoms with Crippen LogP contribution in [0.25, 0.3) is 0 Å². The van der Waals surface area contributed by atoms with Crippen molar-refractivity contribution in [2.24, 2.45) is 0 Å². The van der Waals surface area contributed by atoms with Crippen LogP contribution in [0, 0.1) is 0 Å². The summed E-state index contributed by atoms with van der Waals surface area (Å²) in [6, 6.07) is 0.